The van der Waals surface area contributed by atoms with Gasteiger partial charge in [0, 0.05) is 37.2 Å². The summed E-state index contributed by atoms with van der Waals surface area (Å²) in [7, 11) is 0. The topological polar surface area (TPSA) is 68.8 Å². The summed E-state index contributed by atoms with van der Waals surface area (Å²) in [6.45, 7) is 11.4. The Bertz CT molecular complexity index is 688. The first kappa shape index (κ1) is 23.9. The predicted octanol–water partition coefficient (Wildman–Crippen LogP) is 3.41. The monoisotopic (exact) mass is 513 g/mol. The zero-order chi connectivity index (χ0) is 19.9. The number of carbonyl (C=O) groups excluding carboxylic acids is 1. The fourth-order valence-electron chi connectivity index (χ4n) is 4.05. The number of fused-ring (bicyclic) bond motifs is 1. The highest BCUT2D eigenvalue weighted by Crippen LogP contribution is 2.31. The number of nitrogens with one attached hydrogen (secondary N) is 3. The highest BCUT2D eigenvalue weighted by atomic mass is 127. The van der Waals surface area contributed by atoms with Crippen molar-refractivity contribution in [1.82, 2.24) is 15.5 Å². The molecule has 1 amide bonds. The molecule has 1 saturated heterocycles. The number of rotatable bonds is 6. The Hall–Kier alpha value is -1.35. The van der Waals surface area contributed by atoms with Gasteiger partial charge in [0.05, 0.1) is 6.54 Å². The Morgan fingerprint density at radius 2 is 2.00 bits per heavy atom. The predicted molar refractivity (Wildman–Crippen MR) is 131 cm³/mol. The number of carbonyl (C=O) groups is 1. The van der Waals surface area contributed by atoms with Crippen LogP contribution in [-0.2, 0) is 4.79 Å². The lowest BCUT2D eigenvalue weighted by molar-refractivity contribution is -0.116. The van der Waals surface area contributed by atoms with Crippen LogP contribution < -0.4 is 16.0 Å². The number of amides is 1. The Balaban J connectivity index is 0.00000300. The van der Waals surface area contributed by atoms with E-state index in [9.17, 15) is 4.79 Å². The molecular weight excluding hydrogens is 477 g/mol. The minimum Gasteiger partial charge on any atom is -0.357 e. The van der Waals surface area contributed by atoms with Gasteiger partial charge in [0.2, 0.25) is 5.91 Å². The number of guanidine groups is 1. The van der Waals surface area contributed by atoms with Gasteiger partial charge < -0.3 is 16.0 Å². The number of hydrogen-bond acceptors (Lipinski definition) is 3. The van der Waals surface area contributed by atoms with E-state index in [0.29, 0.717) is 19.0 Å². The molecule has 0 radical (unpaired) electrons. The van der Waals surface area contributed by atoms with Gasteiger partial charge in [0.15, 0.2) is 5.96 Å². The zero-order valence-electron chi connectivity index (χ0n) is 17.9. The van der Waals surface area contributed by atoms with Gasteiger partial charge in [-0.2, -0.15) is 0 Å². The smallest absolute Gasteiger partial charge is 0.225 e. The fourth-order valence-corrected chi connectivity index (χ4v) is 4.05. The van der Waals surface area contributed by atoms with Crippen LogP contribution in [-0.4, -0.2) is 55.5 Å². The molecule has 1 aromatic carbocycles. The third-order valence-corrected chi connectivity index (χ3v) is 5.92. The van der Waals surface area contributed by atoms with Gasteiger partial charge in [0.1, 0.15) is 0 Å². The van der Waals surface area contributed by atoms with Crippen LogP contribution in [0.4, 0.5) is 5.69 Å². The molecule has 0 saturated carbocycles. The average molecular weight is 513 g/mol. The van der Waals surface area contributed by atoms with Gasteiger partial charge in [0.25, 0.3) is 0 Å². The highest BCUT2D eigenvalue weighted by Gasteiger charge is 2.25. The Morgan fingerprint density at radius 3 is 2.72 bits per heavy atom. The first-order valence-electron chi connectivity index (χ1n) is 10.7. The van der Waals surface area contributed by atoms with Crippen molar-refractivity contribution in [1.29, 1.82) is 0 Å². The summed E-state index contributed by atoms with van der Waals surface area (Å²) in [6.07, 6.45) is 3.08. The summed E-state index contributed by atoms with van der Waals surface area (Å²) in [5.74, 6) is 1.93. The SMILES string of the molecule is CCNC(=NCC(C)N1CCC(C)CC1)NCC1CC(=O)Nc2ccccc21.I. The van der Waals surface area contributed by atoms with Gasteiger partial charge >= 0.3 is 0 Å². The van der Waals surface area contributed by atoms with E-state index >= 15 is 0 Å². The van der Waals surface area contributed by atoms with Crippen LogP contribution in [0.1, 0.15) is 51.5 Å². The molecule has 2 atom stereocenters. The van der Waals surface area contributed by atoms with E-state index in [1.165, 1.54) is 31.5 Å². The number of aliphatic imine (C=N–C) groups is 1. The number of para-hydroxylation sites is 1. The van der Waals surface area contributed by atoms with Crippen molar-refractivity contribution in [3.63, 3.8) is 0 Å². The molecule has 2 unspecified atom stereocenters. The van der Waals surface area contributed by atoms with Crippen molar-refractivity contribution in [2.75, 3.05) is 38.0 Å². The highest BCUT2D eigenvalue weighted by molar-refractivity contribution is 14.0. The summed E-state index contributed by atoms with van der Waals surface area (Å²) >= 11 is 0. The van der Waals surface area contributed by atoms with E-state index in [1.54, 1.807) is 0 Å². The number of hydrogen-bond donors (Lipinski definition) is 3. The number of likely N-dealkylation sites (tertiary alicyclic amines) is 1. The van der Waals surface area contributed by atoms with Crippen molar-refractivity contribution >= 4 is 41.5 Å². The number of benzene rings is 1. The van der Waals surface area contributed by atoms with Crippen molar-refractivity contribution < 1.29 is 4.79 Å². The molecule has 3 rings (SSSR count). The summed E-state index contributed by atoms with van der Waals surface area (Å²) in [6, 6.07) is 8.52. The third-order valence-electron chi connectivity index (χ3n) is 5.92. The van der Waals surface area contributed by atoms with Crippen molar-refractivity contribution in [2.45, 2.75) is 52.0 Å². The van der Waals surface area contributed by atoms with Gasteiger partial charge in [-0.3, -0.25) is 14.7 Å². The normalized spacial score (nSPS) is 21.6. The summed E-state index contributed by atoms with van der Waals surface area (Å²) in [5, 5.41) is 9.76. The molecule has 3 N–H and O–H groups in total. The number of anilines is 1. The minimum absolute atomic E-state index is 0. The lowest BCUT2D eigenvalue weighted by Gasteiger charge is -2.34. The Morgan fingerprint density at radius 1 is 1.28 bits per heavy atom. The quantitative estimate of drug-likeness (QED) is 0.310. The molecule has 7 heteroatoms. The van der Waals surface area contributed by atoms with Crippen LogP contribution >= 0.6 is 24.0 Å². The lowest BCUT2D eigenvalue weighted by Crippen LogP contribution is -2.43. The largest absolute Gasteiger partial charge is 0.357 e. The van der Waals surface area contributed by atoms with Gasteiger partial charge in [-0.05, 0) is 57.3 Å². The second-order valence-electron chi connectivity index (χ2n) is 8.20. The van der Waals surface area contributed by atoms with Crippen LogP contribution in [0.15, 0.2) is 29.3 Å². The van der Waals surface area contributed by atoms with E-state index in [1.807, 2.05) is 18.2 Å². The second kappa shape index (κ2) is 11.7. The molecular formula is C22H36IN5O. The van der Waals surface area contributed by atoms with Gasteiger partial charge in [-0.1, -0.05) is 25.1 Å². The van der Waals surface area contributed by atoms with Crippen LogP contribution in [0.5, 0.6) is 0 Å². The maximum absolute atomic E-state index is 12.0. The van der Waals surface area contributed by atoms with E-state index in [-0.39, 0.29) is 35.8 Å². The number of halogens is 1. The molecule has 29 heavy (non-hydrogen) atoms. The van der Waals surface area contributed by atoms with Crippen LogP contribution in [0.2, 0.25) is 0 Å². The maximum Gasteiger partial charge on any atom is 0.225 e. The van der Waals surface area contributed by atoms with Crippen LogP contribution in [0.25, 0.3) is 0 Å². The number of nitrogens with zero attached hydrogens (tertiary/aromatic N) is 2. The molecule has 0 bridgehead atoms. The van der Waals surface area contributed by atoms with Crippen molar-refractivity contribution in [3.8, 4) is 0 Å². The standard InChI is InChI=1S/C22H35N5O.HI/c1-4-23-22(24-14-17(3)27-11-9-16(2)10-12-27)25-15-18-13-21(28)26-20-8-6-5-7-19(18)20;/h5-8,16-18H,4,9-15H2,1-3H3,(H,26,28)(H2,23,24,25);1H. The lowest BCUT2D eigenvalue weighted by atomic mass is 9.90. The van der Waals surface area contributed by atoms with E-state index in [0.717, 1.165) is 30.7 Å². The molecule has 2 aliphatic rings. The van der Waals surface area contributed by atoms with Crippen LogP contribution in [0, 0.1) is 5.92 Å². The number of piperidine rings is 1. The average Bonchev–Trinajstić information content (AvgIpc) is 2.70. The van der Waals surface area contributed by atoms with Crippen molar-refractivity contribution in [3.05, 3.63) is 29.8 Å². The molecule has 1 fully saturated rings. The molecule has 2 aliphatic heterocycles. The first-order chi connectivity index (χ1) is 13.6. The van der Waals surface area contributed by atoms with E-state index in [2.05, 4.69) is 47.7 Å². The summed E-state index contributed by atoms with van der Waals surface area (Å²) in [4.78, 5) is 19.4. The third kappa shape index (κ3) is 6.84. The van der Waals surface area contributed by atoms with Crippen molar-refractivity contribution in [2.24, 2.45) is 10.9 Å². The maximum atomic E-state index is 12.0. The Labute approximate surface area is 192 Å². The van der Waals surface area contributed by atoms with Gasteiger partial charge in [-0.25, -0.2) is 0 Å². The molecule has 6 nitrogen and oxygen atoms in total. The first-order valence-corrected chi connectivity index (χ1v) is 10.7. The fraction of sp³-hybridized carbons (Fsp3) is 0.636. The molecule has 0 spiro atoms. The molecule has 1 aromatic rings. The van der Waals surface area contributed by atoms with Gasteiger partial charge in [-0.15, -0.1) is 24.0 Å². The molecule has 0 aliphatic carbocycles. The minimum atomic E-state index is 0. The molecule has 0 aromatic heterocycles. The summed E-state index contributed by atoms with van der Waals surface area (Å²) < 4.78 is 0. The van der Waals surface area contributed by atoms with Crippen LogP contribution in [0.3, 0.4) is 0 Å². The van der Waals surface area contributed by atoms with E-state index in [4.69, 9.17) is 4.99 Å². The molecule has 2 heterocycles. The second-order valence-corrected chi connectivity index (χ2v) is 8.20. The summed E-state index contributed by atoms with van der Waals surface area (Å²) in [5.41, 5.74) is 2.13. The molecule has 162 valence electrons. The van der Waals surface area contributed by atoms with E-state index < -0.39 is 0 Å². The zero-order valence-corrected chi connectivity index (χ0v) is 20.2. The Kier molecular flexibility index (Phi) is 9.68.